The molecule has 1 heterocycles. The molecule has 1 amide bonds. The molecule has 0 bridgehead atoms. The SMILES string of the molecule is CC(C)(C)OC(=O)N1C[C@@H](F)C[C@@H](S(N)(=O)=O)C1. The van der Waals surface area contributed by atoms with E-state index < -0.39 is 33.1 Å². The Bertz CT molecular complexity index is 418. The number of hydrogen-bond acceptors (Lipinski definition) is 4. The molecule has 1 fully saturated rings. The van der Waals surface area contributed by atoms with E-state index in [9.17, 15) is 17.6 Å². The number of nitrogens with two attached hydrogens (primary N) is 1. The minimum atomic E-state index is -3.86. The quantitative estimate of drug-likeness (QED) is 0.763. The van der Waals surface area contributed by atoms with Crippen LogP contribution in [0.1, 0.15) is 27.2 Å². The van der Waals surface area contributed by atoms with Gasteiger partial charge in [0.05, 0.1) is 11.8 Å². The fourth-order valence-corrected chi connectivity index (χ4v) is 2.57. The highest BCUT2D eigenvalue weighted by Crippen LogP contribution is 2.20. The van der Waals surface area contributed by atoms with Crippen molar-refractivity contribution in [1.82, 2.24) is 4.90 Å². The Morgan fingerprint density at radius 2 is 1.94 bits per heavy atom. The summed E-state index contributed by atoms with van der Waals surface area (Å²) in [6.45, 7) is 4.74. The van der Waals surface area contributed by atoms with Crippen LogP contribution in [-0.4, -0.2) is 49.5 Å². The molecule has 8 heteroatoms. The van der Waals surface area contributed by atoms with Gasteiger partial charge in [-0.05, 0) is 20.8 Å². The molecule has 0 aromatic heterocycles. The average molecular weight is 282 g/mol. The lowest BCUT2D eigenvalue weighted by atomic mass is 10.1. The number of rotatable bonds is 1. The minimum Gasteiger partial charge on any atom is -0.444 e. The van der Waals surface area contributed by atoms with Gasteiger partial charge in [-0.1, -0.05) is 0 Å². The molecule has 0 radical (unpaired) electrons. The van der Waals surface area contributed by atoms with Gasteiger partial charge in [0.2, 0.25) is 10.0 Å². The first-order valence-electron chi connectivity index (χ1n) is 5.62. The second-order valence-corrected chi connectivity index (χ2v) is 7.27. The maximum absolute atomic E-state index is 13.4. The number of piperidine rings is 1. The fraction of sp³-hybridized carbons (Fsp3) is 0.900. The Hall–Kier alpha value is -0.890. The third-order valence-electron chi connectivity index (χ3n) is 2.48. The molecule has 0 unspecified atom stereocenters. The number of primary sulfonamides is 1. The van der Waals surface area contributed by atoms with Crippen molar-refractivity contribution in [2.45, 2.75) is 44.2 Å². The van der Waals surface area contributed by atoms with E-state index in [4.69, 9.17) is 9.88 Å². The molecule has 1 aliphatic rings. The van der Waals surface area contributed by atoms with Gasteiger partial charge >= 0.3 is 6.09 Å². The Balaban J connectivity index is 2.75. The van der Waals surface area contributed by atoms with Gasteiger partial charge < -0.3 is 9.64 Å². The highest BCUT2D eigenvalue weighted by Gasteiger charge is 2.37. The molecule has 0 aliphatic carbocycles. The lowest BCUT2D eigenvalue weighted by molar-refractivity contribution is 0.0144. The topological polar surface area (TPSA) is 89.7 Å². The predicted molar refractivity (Wildman–Crippen MR) is 64.2 cm³/mol. The number of alkyl halides is 1. The minimum absolute atomic E-state index is 0.131. The largest absolute Gasteiger partial charge is 0.444 e. The van der Waals surface area contributed by atoms with E-state index >= 15 is 0 Å². The number of amides is 1. The van der Waals surface area contributed by atoms with Crippen LogP contribution in [0.3, 0.4) is 0 Å². The van der Waals surface area contributed by atoms with Crippen LogP contribution in [-0.2, 0) is 14.8 Å². The number of carbonyl (C=O) groups excluding carboxylic acids is 1. The van der Waals surface area contributed by atoms with E-state index in [2.05, 4.69) is 0 Å². The summed E-state index contributed by atoms with van der Waals surface area (Å²) in [5.41, 5.74) is -0.711. The molecule has 0 spiro atoms. The summed E-state index contributed by atoms with van der Waals surface area (Å²) in [5.74, 6) is 0. The second-order valence-electron chi connectivity index (χ2n) is 5.43. The first kappa shape index (κ1) is 15.2. The first-order valence-corrected chi connectivity index (χ1v) is 7.23. The molecular weight excluding hydrogens is 263 g/mol. The highest BCUT2D eigenvalue weighted by molar-refractivity contribution is 7.89. The molecule has 6 nitrogen and oxygen atoms in total. The highest BCUT2D eigenvalue weighted by atomic mass is 32.2. The summed E-state index contributed by atoms with van der Waals surface area (Å²) in [6.07, 6.45) is -2.31. The van der Waals surface area contributed by atoms with Crippen LogP contribution in [0.25, 0.3) is 0 Å². The number of carbonyl (C=O) groups is 1. The monoisotopic (exact) mass is 282 g/mol. The van der Waals surface area contributed by atoms with Gasteiger partial charge in [-0.25, -0.2) is 22.7 Å². The van der Waals surface area contributed by atoms with Crippen LogP contribution in [0.5, 0.6) is 0 Å². The van der Waals surface area contributed by atoms with E-state index in [0.717, 1.165) is 4.90 Å². The van der Waals surface area contributed by atoms with Crippen molar-refractivity contribution in [1.29, 1.82) is 0 Å². The van der Waals surface area contributed by atoms with E-state index in [0.29, 0.717) is 0 Å². The molecule has 0 aromatic rings. The van der Waals surface area contributed by atoms with Crippen molar-refractivity contribution in [2.75, 3.05) is 13.1 Å². The number of hydrogen-bond donors (Lipinski definition) is 1. The van der Waals surface area contributed by atoms with Crippen molar-refractivity contribution < 1.29 is 22.3 Å². The van der Waals surface area contributed by atoms with Crippen LogP contribution < -0.4 is 5.14 Å². The smallest absolute Gasteiger partial charge is 0.410 e. The average Bonchev–Trinajstić information content (AvgIpc) is 2.12. The van der Waals surface area contributed by atoms with Gasteiger partial charge in [-0.3, -0.25) is 0 Å². The van der Waals surface area contributed by atoms with Crippen molar-refractivity contribution in [3.05, 3.63) is 0 Å². The molecular formula is C10H19FN2O4S. The van der Waals surface area contributed by atoms with Gasteiger partial charge in [0, 0.05) is 13.0 Å². The van der Waals surface area contributed by atoms with Gasteiger partial charge in [0.1, 0.15) is 11.8 Å². The summed E-state index contributed by atoms with van der Waals surface area (Å²) in [5, 5.41) is 3.91. The van der Waals surface area contributed by atoms with Crippen molar-refractivity contribution in [2.24, 2.45) is 5.14 Å². The molecule has 1 aliphatic heterocycles. The van der Waals surface area contributed by atoms with E-state index in [1.807, 2.05) is 0 Å². The van der Waals surface area contributed by atoms with Crippen LogP contribution in [0.15, 0.2) is 0 Å². The van der Waals surface area contributed by atoms with Gasteiger partial charge in [0.25, 0.3) is 0 Å². The molecule has 0 saturated carbocycles. The fourth-order valence-electron chi connectivity index (χ4n) is 1.71. The molecule has 106 valence electrons. The maximum atomic E-state index is 13.4. The number of sulfonamides is 1. The lowest BCUT2D eigenvalue weighted by Crippen LogP contribution is -2.52. The van der Waals surface area contributed by atoms with Gasteiger partial charge in [0.15, 0.2) is 0 Å². The summed E-state index contributed by atoms with van der Waals surface area (Å²) >= 11 is 0. The van der Waals surface area contributed by atoms with Crippen LogP contribution in [0.2, 0.25) is 0 Å². The van der Waals surface area contributed by atoms with Gasteiger partial charge in [-0.2, -0.15) is 0 Å². The molecule has 1 saturated heterocycles. The molecule has 0 aromatic carbocycles. The summed E-state index contributed by atoms with van der Waals surface area (Å²) < 4.78 is 40.9. The Morgan fingerprint density at radius 3 is 2.39 bits per heavy atom. The third kappa shape index (κ3) is 4.41. The molecule has 2 N–H and O–H groups in total. The number of halogens is 1. The number of ether oxygens (including phenoxy) is 1. The van der Waals surface area contributed by atoms with Crippen molar-refractivity contribution >= 4 is 16.1 Å². The predicted octanol–water partition coefficient (Wildman–Crippen LogP) is 0.622. The number of nitrogens with zero attached hydrogens (tertiary/aromatic N) is 1. The Labute approximate surface area is 106 Å². The first-order chi connectivity index (χ1) is 7.99. The summed E-state index contributed by atoms with van der Waals surface area (Å²) in [6, 6.07) is 0. The van der Waals surface area contributed by atoms with E-state index in [1.165, 1.54) is 0 Å². The van der Waals surface area contributed by atoms with Crippen LogP contribution in [0.4, 0.5) is 9.18 Å². The van der Waals surface area contributed by atoms with E-state index in [-0.39, 0.29) is 19.5 Å². The molecule has 18 heavy (non-hydrogen) atoms. The molecule has 1 rings (SSSR count). The lowest BCUT2D eigenvalue weighted by Gasteiger charge is -2.34. The second kappa shape index (κ2) is 5.00. The standard InChI is InChI=1S/C10H19FN2O4S/c1-10(2,3)17-9(14)13-5-7(11)4-8(6-13)18(12,15)16/h7-8H,4-6H2,1-3H3,(H2,12,15,16)/t7-,8+/m0/s1. The normalized spacial score (nSPS) is 25.9. The van der Waals surface area contributed by atoms with Crippen molar-refractivity contribution in [3.8, 4) is 0 Å². The third-order valence-corrected chi connectivity index (χ3v) is 3.75. The zero-order valence-electron chi connectivity index (χ0n) is 10.7. The zero-order chi connectivity index (χ0) is 14.1. The zero-order valence-corrected chi connectivity index (χ0v) is 11.5. The summed E-state index contributed by atoms with van der Waals surface area (Å²) in [4.78, 5) is 12.8. The van der Waals surface area contributed by atoms with Gasteiger partial charge in [-0.15, -0.1) is 0 Å². The van der Waals surface area contributed by atoms with Crippen LogP contribution in [0, 0.1) is 0 Å². The van der Waals surface area contributed by atoms with Crippen molar-refractivity contribution in [3.63, 3.8) is 0 Å². The molecule has 2 atom stereocenters. The Kier molecular flexibility index (Phi) is 4.22. The summed E-state index contributed by atoms with van der Waals surface area (Å²) in [7, 11) is -3.86. The van der Waals surface area contributed by atoms with Crippen LogP contribution >= 0.6 is 0 Å². The maximum Gasteiger partial charge on any atom is 0.410 e. The number of likely N-dealkylation sites (tertiary alicyclic amines) is 1. The van der Waals surface area contributed by atoms with E-state index in [1.54, 1.807) is 20.8 Å². The Morgan fingerprint density at radius 1 is 1.39 bits per heavy atom.